The van der Waals surface area contributed by atoms with Crippen LogP contribution in [0.1, 0.15) is 31.2 Å². The normalized spacial score (nSPS) is 16.4. The van der Waals surface area contributed by atoms with E-state index in [1.165, 1.54) is 18.9 Å². The van der Waals surface area contributed by atoms with Crippen molar-refractivity contribution >= 4 is 5.57 Å². The zero-order chi connectivity index (χ0) is 9.97. The molecule has 0 saturated heterocycles. The Morgan fingerprint density at radius 1 is 1.07 bits per heavy atom. The van der Waals surface area contributed by atoms with Gasteiger partial charge in [-0.25, -0.2) is 0 Å². The first-order valence-electron chi connectivity index (χ1n) is 4.99. The SMILES string of the molecule is Oc1ccc(O)c(C2=CCCCC2)c1. The third kappa shape index (κ3) is 1.74. The molecule has 2 N–H and O–H groups in total. The molecule has 0 fully saturated rings. The standard InChI is InChI=1S/C12H14O2/c13-10-6-7-12(14)11(8-10)9-4-2-1-3-5-9/h4,6-8,13-14H,1-3,5H2. The second-order valence-corrected chi connectivity index (χ2v) is 3.68. The summed E-state index contributed by atoms with van der Waals surface area (Å²) in [5.41, 5.74) is 1.94. The van der Waals surface area contributed by atoms with Crippen molar-refractivity contribution in [3.8, 4) is 11.5 Å². The zero-order valence-electron chi connectivity index (χ0n) is 8.03. The quantitative estimate of drug-likeness (QED) is 0.668. The number of hydrogen-bond acceptors (Lipinski definition) is 2. The van der Waals surface area contributed by atoms with Gasteiger partial charge in [0.25, 0.3) is 0 Å². The van der Waals surface area contributed by atoms with Crippen LogP contribution >= 0.6 is 0 Å². The van der Waals surface area contributed by atoms with Crippen LogP contribution in [0.15, 0.2) is 24.3 Å². The molecule has 2 nitrogen and oxygen atoms in total. The number of rotatable bonds is 1. The Labute approximate surface area is 83.5 Å². The van der Waals surface area contributed by atoms with Crippen molar-refractivity contribution in [2.75, 3.05) is 0 Å². The number of allylic oxidation sites excluding steroid dienone is 2. The van der Waals surface area contributed by atoms with Gasteiger partial charge in [0.15, 0.2) is 0 Å². The van der Waals surface area contributed by atoms with Gasteiger partial charge in [-0.15, -0.1) is 0 Å². The van der Waals surface area contributed by atoms with Gasteiger partial charge >= 0.3 is 0 Å². The molecule has 0 aliphatic heterocycles. The fourth-order valence-electron chi connectivity index (χ4n) is 1.86. The molecule has 1 aromatic rings. The highest BCUT2D eigenvalue weighted by Crippen LogP contribution is 2.34. The van der Waals surface area contributed by atoms with Crippen LogP contribution in [0.2, 0.25) is 0 Å². The molecule has 1 aliphatic carbocycles. The van der Waals surface area contributed by atoms with Gasteiger partial charge in [0.05, 0.1) is 0 Å². The predicted molar refractivity (Wildman–Crippen MR) is 56.2 cm³/mol. The molecule has 0 unspecified atom stereocenters. The lowest BCUT2D eigenvalue weighted by molar-refractivity contribution is 0.458. The third-order valence-corrected chi connectivity index (χ3v) is 2.62. The summed E-state index contributed by atoms with van der Waals surface area (Å²) in [6.45, 7) is 0. The van der Waals surface area contributed by atoms with Crippen LogP contribution in [0.5, 0.6) is 11.5 Å². The minimum atomic E-state index is 0.212. The zero-order valence-corrected chi connectivity index (χ0v) is 8.03. The highest BCUT2D eigenvalue weighted by molar-refractivity contribution is 5.71. The van der Waals surface area contributed by atoms with Crippen LogP contribution in [0.3, 0.4) is 0 Å². The van der Waals surface area contributed by atoms with Crippen molar-refractivity contribution in [3.05, 3.63) is 29.8 Å². The molecule has 2 heteroatoms. The maximum atomic E-state index is 9.64. The monoisotopic (exact) mass is 190 g/mol. The molecule has 0 saturated carbocycles. The summed E-state index contributed by atoms with van der Waals surface area (Å²) in [6.07, 6.45) is 6.61. The highest BCUT2D eigenvalue weighted by Gasteiger charge is 2.10. The topological polar surface area (TPSA) is 40.5 Å². The van der Waals surface area contributed by atoms with E-state index in [0.717, 1.165) is 24.0 Å². The van der Waals surface area contributed by atoms with Gasteiger partial charge in [0.2, 0.25) is 0 Å². The van der Waals surface area contributed by atoms with Gasteiger partial charge in [-0.1, -0.05) is 6.08 Å². The number of phenols is 2. The smallest absolute Gasteiger partial charge is 0.123 e. The Morgan fingerprint density at radius 3 is 2.64 bits per heavy atom. The lowest BCUT2D eigenvalue weighted by Gasteiger charge is -2.14. The second kappa shape index (κ2) is 3.74. The molecule has 14 heavy (non-hydrogen) atoms. The van der Waals surface area contributed by atoms with Crippen molar-refractivity contribution in [1.82, 2.24) is 0 Å². The van der Waals surface area contributed by atoms with Crippen molar-refractivity contribution in [3.63, 3.8) is 0 Å². The first-order valence-corrected chi connectivity index (χ1v) is 4.99. The third-order valence-electron chi connectivity index (χ3n) is 2.62. The van der Waals surface area contributed by atoms with Crippen molar-refractivity contribution in [2.45, 2.75) is 25.7 Å². The number of hydrogen-bond donors (Lipinski definition) is 2. The Morgan fingerprint density at radius 2 is 1.93 bits per heavy atom. The van der Waals surface area contributed by atoms with E-state index in [1.54, 1.807) is 12.1 Å². The first-order chi connectivity index (χ1) is 6.77. The molecule has 0 radical (unpaired) electrons. The van der Waals surface area contributed by atoms with E-state index >= 15 is 0 Å². The van der Waals surface area contributed by atoms with E-state index in [4.69, 9.17) is 0 Å². The summed E-state index contributed by atoms with van der Waals surface area (Å²) < 4.78 is 0. The molecule has 74 valence electrons. The van der Waals surface area contributed by atoms with E-state index in [-0.39, 0.29) is 11.5 Å². The maximum Gasteiger partial charge on any atom is 0.123 e. The van der Waals surface area contributed by atoms with Gasteiger partial charge in [0.1, 0.15) is 11.5 Å². The maximum absolute atomic E-state index is 9.64. The lowest BCUT2D eigenvalue weighted by atomic mass is 9.93. The van der Waals surface area contributed by atoms with Gasteiger partial charge in [-0.3, -0.25) is 0 Å². The van der Waals surface area contributed by atoms with Gasteiger partial charge in [-0.2, -0.15) is 0 Å². The summed E-state index contributed by atoms with van der Waals surface area (Å²) in [7, 11) is 0. The number of benzene rings is 1. The van der Waals surface area contributed by atoms with Gasteiger partial charge in [0, 0.05) is 5.56 Å². The number of phenolic OH excluding ortho intramolecular Hbond substituents is 2. The summed E-state index contributed by atoms with van der Waals surface area (Å²) in [5, 5.41) is 19.0. The van der Waals surface area contributed by atoms with E-state index in [2.05, 4.69) is 6.08 Å². The van der Waals surface area contributed by atoms with E-state index < -0.39 is 0 Å². The molecular formula is C12H14O2. The molecule has 0 amide bonds. The molecular weight excluding hydrogens is 176 g/mol. The summed E-state index contributed by atoms with van der Waals surface area (Å²) >= 11 is 0. The molecule has 2 rings (SSSR count). The fourth-order valence-corrected chi connectivity index (χ4v) is 1.86. The van der Waals surface area contributed by atoms with Crippen molar-refractivity contribution in [2.24, 2.45) is 0 Å². The largest absolute Gasteiger partial charge is 0.508 e. The first kappa shape index (κ1) is 9.13. The Balaban J connectivity index is 2.39. The molecule has 0 heterocycles. The number of aromatic hydroxyl groups is 2. The minimum absolute atomic E-state index is 0.212. The molecule has 0 atom stereocenters. The van der Waals surface area contributed by atoms with Crippen molar-refractivity contribution < 1.29 is 10.2 Å². The van der Waals surface area contributed by atoms with E-state index in [1.807, 2.05) is 0 Å². The summed E-state index contributed by atoms with van der Waals surface area (Å²) in [4.78, 5) is 0. The molecule has 0 bridgehead atoms. The predicted octanol–water partition coefficient (Wildman–Crippen LogP) is 3.06. The van der Waals surface area contributed by atoms with Crippen molar-refractivity contribution in [1.29, 1.82) is 0 Å². The fraction of sp³-hybridized carbons (Fsp3) is 0.333. The van der Waals surface area contributed by atoms with Crippen LogP contribution in [-0.2, 0) is 0 Å². The Bertz CT molecular complexity index is 367. The second-order valence-electron chi connectivity index (χ2n) is 3.68. The van der Waals surface area contributed by atoms with Crippen LogP contribution in [0.4, 0.5) is 0 Å². The van der Waals surface area contributed by atoms with Gasteiger partial charge < -0.3 is 10.2 Å². The minimum Gasteiger partial charge on any atom is -0.508 e. The molecule has 1 aliphatic rings. The Hall–Kier alpha value is -1.44. The molecule has 1 aromatic carbocycles. The van der Waals surface area contributed by atoms with Gasteiger partial charge in [-0.05, 0) is 49.5 Å². The summed E-state index contributed by atoms with van der Waals surface area (Å²) in [5.74, 6) is 0.472. The highest BCUT2D eigenvalue weighted by atomic mass is 16.3. The lowest BCUT2D eigenvalue weighted by Crippen LogP contribution is -1.92. The molecule has 0 spiro atoms. The Kier molecular flexibility index (Phi) is 2.44. The van der Waals surface area contributed by atoms with Crippen LogP contribution in [0.25, 0.3) is 5.57 Å². The van der Waals surface area contributed by atoms with Crippen LogP contribution in [0, 0.1) is 0 Å². The molecule has 0 aromatic heterocycles. The average Bonchev–Trinajstić information content (AvgIpc) is 2.23. The van der Waals surface area contributed by atoms with Crippen LogP contribution in [-0.4, -0.2) is 10.2 Å². The van der Waals surface area contributed by atoms with E-state index in [0.29, 0.717) is 0 Å². The average molecular weight is 190 g/mol. The van der Waals surface area contributed by atoms with E-state index in [9.17, 15) is 10.2 Å². The van der Waals surface area contributed by atoms with Crippen LogP contribution < -0.4 is 0 Å². The summed E-state index contributed by atoms with van der Waals surface area (Å²) in [6, 6.07) is 4.68.